The van der Waals surface area contributed by atoms with Crippen LogP contribution in [0.2, 0.25) is 0 Å². The van der Waals surface area contributed by atoms with Gasteiger partial charge in [-0.25, -0.2) is 4.79 Å². The van der Waals surface area contributed by atoms with E-state index in [-0.39, 0.29) is 11.5 Å². The summed E-state index contributed by atoms with van der Waals surface area (Å²) in [6.45, 7) is 1.42. The summed E-state index contributed by atoms with van der Waals surface area (Å²) in [7, 11) is 0. The maximum Gasteiger partial charge on any atom is 0.328 e. The highest BCUT2D eigenvalue weighted by Gasteiger charge is 2.28. The van der Waals surface area contributed by atoms with Crippen molar-refractivity contribution < 1.29 is 19.2 Å². The van der Waals surface area contributed by atoms with Crippen LogP contribution in [0.4, 0.5) is 4.79 Å². The molecule has 4 amide bonds. The lowest BCUT2D eigenvalue weighted by atomic mass is 10.1. The lowest BCUT2D eigenvalue weighted by Gasteiger charge is -2.13. The van der Waals surface area contributed by atoms with Crippen molar-refractivity contribution in [2.75, 3.05) is 0 Å². The highest BCUT2D eigenvalue weighted by Crippen LogP contribution is 2.24. The van der Waals surface area contributed by atoms with Gasteiger partial charge in [0.15, 0.2) is 0 Å². The molecule has 1 aliphatic rings. The van der Waals surface area contributed by atoms with Crippen molar-refractivity contribution in [3.8, 4) is 0 Å². The number of benzene rings is 1. The first-order valence-electron chi connectivity index (χ1n) is 6.47. The van der Waals surface area contributed by atoms with E-state index in [9.17, 15) is 19.2 Å². The Bertz CT molecular complexity index is 854. The number of nitrogens with zero attached hydrogens (tertiary/aromatic N) is 1. The van der Waals surface area contributed by atoms with Gasteiger partial charge >= 0.3 is 6.03 Å². The number of barbiturate groups is 1. The van der Waals surface area contributed by atoms with E-state index in [1.807, 2.05) is 10.6 Å². The molecule has 1 fully saturated rings. The molecule has 1 aromatic heterocycles. The maximum absolute atomic E-state index is 11.8. The molecule has 110 valence electrons. The molecule has 2 N–H and O–H groups in total. The van der Waals surface area contributed by atoms with E-state index in [2.05, 4.69) is 0 Å². The van der Waals surface area contributed by atoms with Crippen LogP contribution in [0.25, 0.3) is 17.0 Å². The Morgan fingerprint density at radius 1 is 1.09 bits per heavy atom. The number of urea groups is 1. The van der Waals surface area contributed by atoms with Crippen LogP contribution in [0.1, 0.15) is 17.3 Å². The van der Waals surface area contributed by atoms with Gasteiger partial charge in [-0.1, -0.05) is 18.2 Å². The fourth-order valence-corrected chi connectivity index (χ4v) is 2.34. The molecule has 2 heterocycles. The lowest BCUT2D eigenvalue weighted by molar-refractivity contribution is -0.123. The van der Waals surface area contributed by atoms with Crippen LogP contribution in [0.15, 0.2) is 36.0 Å². The molecule has 0 atom stereocenters. The lowest BCUT2D eigenvalue weighted by Crippen LogP contribution is -2.51. The standard InChI is InChI=1S/C15H11N3O4/c1-8(19)18-7-9(10-4-2-3-5-12(10)18)6-11-13(20)16-15(22)17-14(11)21/h2-7H,1H3,(H2,16,17,20,21,22). The zero-order chi connectivity index (χ0) is 15.9. The normalized spacial score (nSPS) is 14.8. The minimum Gasteiger partial charge on any atom is -0.287 e. The maximum atomic E-state index is 11.8. The fourth-order valence-electron chi connectivity index (χ4n) is 2.34. The van der Waals surface area contributed by atoms with Crippen molar-refractivity contribution in [3.63, 3.8) is 0 Å². The second-order valence-electron chi connectivity index (χ2n) is 4.79. The van der Waals surface area contributed by atoms with Gasteiger partial charge in [0.2, 0.25) is 5.91 Å². The summed E-state index contributed by atoms with van der Waals surface area (Å²) >= 11 is 0. The number of nitrogens with one attached hydrogen (secondary N) is 2. The molecule has 7 nitrogen and oxygen atoms in total. The van der Waals surface area contributed by atoms with Gasteiger partial charge in [-0.2, -0.15) is 0 Å². The van der Waals surface area contributed by atoms with Crippen LogP contribution in [-0.2, 0) is 9.59 Å². The van der Waals surface area contributed by atoms with Gasteiger partial charge in [-0.05, 0) is 12.1 Å². The molecule has 0 saturated carbocycles. The van der Waals surface area contributed by atoms with Gasteiger partial charge in [0, 0.05) is 24.1 Å². The second kappa shape index (κ2) is 4.96. The summed E-state index contributed by atoms with van der Waals surface area (Å²) in [5, 5.41) is 4.74. The third-order valence-electron chi connectivity index (χ3n) is 3.33. The molecular formula is C15H11N3O4. The summed E-state index contributed by atoms with van der Waals surface area (Å²) in [5.41, 5.74) is 1.03. The predicted molar refractivity (Wildman–Crippen MR) is 77.9 cm³/mol. The van der Waals surface area contributed by atoms with Crippen LogP contribution < -0.4 is 10.6 Å². The summed E-state index contributed by atoms with van der Waals surface area (Å²) in [6.07, 6.45) is 2.91. The summed E-state index contributed by atoms with van der Waals surface area (Å²) < 4.78 is 1.44. The monoisotopic (exact) mass is 297 g/mol. The highest BCUT2D eigenvalue weighted by molar-refractivity contribution is 6.31. The summed E-state index contributed by atoms with van der Waals surface area (Å²) in [4.78, 5) is 46.2. The van der Waals surface area contributed by atoms with Crippen molar-refractivity contribution in [1.29, 1.82) is 0 Å². The SMILES string of the molecule is CC(=O)n1cc(C=C2C(=O)NC(=O)NC2=O)c2ccccc21. The third-order valence-corrected chi connectivity index (χ3v) is 3.33. The fraction of sp³-hybridized carbons (Fsp3) is 0.0667. The highest BCUT2D eigenvalue weighted by atomic mass is 16.2. The molecular weight excluding hydrogens is 286 g/mol. The second-order valence-corrected chi connectivity index (χ2v) is 4.79. The Kier molecular flexibility index (Phi) is 3.10. The van der Waals surface area contributed by atoms with E-state index in [1.165, 1.54) is 17.6 Å². The van der Waals surface area contributed by atoms with E-state index in [4.69, 9.17) is 0 Å². The van der Waals surface area contributed by atoms with E-state index in [1.54, 1.807) is 30.5 Å². The number of carbonyl (C=O) groups excluding carboxylic acids is 4. The minimum absolute atomic E-state index is 0.187. The largest absolute Gasteiger partial charge is 0.328 e. The Labute approximate surface area is 124 Å². The first kappa shape index (κ1) is 13.7. The molecule has 2 aromatic rings. The van der Waals surface area contributed by atoms with Gasteiger partial charge in [-0.3, -0.25) is 29.6 Å². The van der Waals surface area contributed by atoms with Crippen molar-refractivity contribution in [1.82, 2.24) is 15.2 Å². The molecule has 0 unspecified atom stereocenters. The van der Waals surface area contributed by atoms with Crippen LogP contribution in [-0.4, -0.2) is 28.3 Å². The van der Waals surface area contributed by atoms with Crippen molar-refractivity contribution in [2.45, 2.75) is 6.92 Å². The van der Waals surface area contributed by atoms with Gasteiger partial charge in [0.05, 0.1) is 5.52 Å². The number of amides is 4. The average Bonchev–Trinajstić information content (AvgIpc) is 2.82. The molecule has 0 bridgehead atoms. The Morgan fingerprint density at radius 3 is 2.36 bits per heavy atom. The van der Waals surface area contributed by atoms with Crippen LogP contribution in [0.5, 0.6) is 0 Å². The first-order chi connectivity index (χ1) is 10.5. The quantitative estimate of drug-likeness (QED) is 0.607. The molecule has 22 heavy (non-hydrogen) atoms. The minimum atomic E-state index is -0.849. The molecule has 3 rings (SSSR count). The topological polar surface area (TPSA) is 97.3 Å². The predicted octanol–water partition coefficient (Wildman–Crippen LogP) is 1.05. The van der Waals surface area contributed by atoms with E-state index in [0.717, 1.165) is 5.39 Å². The number of aromatic nitrogens is 1. The van der Waals surface area contributed by atoms with Crippen LogP contribution in [0, 0.1) is 0 Å². The van der Waals surface area contributed by atoms with Crippen molar-refractivity contribution in [2.24, 2.45) is 0 Å². The molecule has 1 saturated heterocycles. The number of hydrogen-bond acceptors (Lipinski definition) is 4. The molecule has 1 aliphatic heterocycles. The smallest absolute Gasteiger partial charge is 0.287 e. The number of carbonyl (C=O) groups is 4. The average molecular weight is 297 g/mol. The molecule has 7 heteroatoms. The molecule has 0 aliphatic carbocycles. The van der Waals surface area contributed by atoms with Gasteiger partial charge < -0.3 is 0 Å². The number of rotatable bonds is 1. The zero-order valence-corrected chi connectivity index (χ0v) is 11.5. The van der Waals surface area contributed by atoms with E-state index < -0.39 is 17.8 Å². The number of hydrogen-bond donors (Lipinski definition) is 2. The third kappa shape index (κ3) is 2.18. The van der Waals surface area contributed by atoms with Gasteiger partial charge in [0.25, 0.3) is 11.8 Å². The zero-order valence-electron chi connectivity index (χ0n) is 11.5. The van der Waals surface area contributed by atoms with E-state index in [0.29, 0.717) is 11.1 Å². The number of fused-ring (bicyclic) bond motifs is 1. The first-order valence-corrected chi connectivity index (χ1v) is 6.47. The Morgan fingerprint density at radius 2 is 1.73 bits per heavy atom. The van der Waals surface area contributed by atoms with Gasteiger partial charge in [-0.15, -0.1) is 0 Å². The van der Waals surface area contributed by atoms with Crippen LogP contribution >= 0.6 is 0 Å². The number of para-hydroxylation sites is 1. The Hall–Kier alpha value is -3.22. The molecule has 0 spiro atoms. The Balaban J connectivity index is 2.17. The van der Waals surface area contributed by atoms with Crippen LogP contribution in [0.3, 0.4) is 0 Å². The van der Waals surface area contributed by atoms with Crippen molar-refractivity contribution >= 4 is 40.7 Å². The van der Waals surface area contributed by atoms with Gasteiger partial charge in [0.1, 0.15) is 5.57 Å². The summed E-state index contributed by atoms with van der Waals surface area (Å²) in [6, 6.07) is 6.28. The van der Waals surface area contributed by atoms with Crippen molar-refractivity contribution in [3.05, 3.63) is 41.6 Å². The molecule has 0 radical (unpaired) electrons. The summed E-state index contributed by atoms with van der Waals surface area (Å²) in [5.74, 6) is -1.73. The number of imide groups is 2. The molecule has 1 aromatic carbocycles. The van der Waals surface area contributed by atoms with E-state index >= 15 is 0 Å².